The predicted octanol–water partition coefficient (Wildman–Crippen LogP) is 3.62. The van der Waals surface area contributed by atoms with E-state index in [0.717, 1.165) is 35.7 Å². The average Bonchev–Trinajstić information content (AvgIpc) is 3.16. The molecule has 9 heteroatoms. The molecule has 0 spiro atoms. The first-order chi connectivity index (χ1) is 14.9. The van der Waals surface area contributed by atoms with Crippen molar-refractivity contribution in [2.24, 2.45) is 0 Å². The van der Waals surface area contributed by atoms with E-state index in [1.54, 1.807) is 28.3 Å². The molecule has 1 aliphatic heterocycles. The van der Waals surface area contributed by atoms with Crippen molar-refractivity contribution >= 4 is 21.5 Å². The van der Waals surface area contributed by atoms with Crippen LogP contribution in [0, 0.1) is 13.8 Å². The molecule has 0 aromatic carbocycles. The Morgan fingerprint density at radius 2 is 1.94 bits per heavy atom. The summed E-state index contributed by atoms with van der Waals surface area (Å²) in [5, 5.41) is 7.62. The second-order valence-electron chi connectivity index (χ2n) is 7.87. The molecular weight excluding hydrogens is 412 g/mol. The Hall–Kier alpha value is -2.78. The van der Waals surface area contributed by atoms with Crippen LogP contribution in [0.25, 0.3) is 0 Å². The van der Waals surface area contributed by atoms with E-state index < -0.39 is 10.0 Å². The van der Waals surface area contributed by atoms with Crippen molar-refractivity contribution in [3.63, 3.8) is 0 Å². The molecule has 0 bridgehead atoms. The monoisotopic (exact) mass is 440 g/mol. The highest BCUT2D eigenvalue weighted by Crippen LogP contribution is 2.32. The Labute approximate surface area is 183 Å². The average molecular weight is 441 g/mol. The van der Waals surface area contributed by atoms with Crippen molar-refractivity contribution in [1.82, 2.24) is 24.1 Å². The van der Waals surface area contributed by atoms with Crippen LogP contribution in [-0.4, -0.2) is 45.6 Å². The van der Waals surface area contributed by atoms with E-state index in [2.05, 4.69) is 15.4 Å². The van der Waals surface area contributed by atoms with Crippen molar-refractivity contribution in [2.45, 2.75) is 51.0 Å². The molecule has 4 rings (SSSR count). The van der Waals surface area contributed by atoms with E-state index in [1.165, 1.54) is 0 Å². The second-order valence-corrected chi connectivity index (χ2v) is 9.78. The first-order valence-corrected chi connectivity index (χ1v) is 12.0. The SMILES string of the molecule is CCn1cc(S(=O)(=O)N2CCC(c3cc(Nc4ccccn4)cc(C)n3)CC2)c(C)n1. The van der Waals surface area contributed by atoms with Gasteiger partial charge in [-0.05, 0) is 57.9 Å². The first-order valence-electron chi connectivity index (χ1n) is 10.6. The van der Waals surface area contributed by atoms with Crippen LogP contribution >= 0.6 is 0 Å². The number of nitrogens with one attached hydrogen (secondary N) is 1. The molecule has 3 aromatic heterocycles. The molecule has 0 aliphatic carbocycles. The van der Waals surface area contributed by atoms with Gasteiger partial charge >= 0.3 is 0 Å². The topological polar surface area (TPSA) is 93.0 Å². The van der Waals surface area contributed by atoms with Crippen LogP contribution in [0.1, 0.15) is 42.8 Å². The van der Waals surface area contributed by atoms with Crippen molar-refractivity contribution < 1.29 is 8.42 Å². The number of aromatic nitrogens is 4. The van der Waals surface area contributed by atoms with Crippen LogP contribution in [-0.2, 0) is 16.6 Å². The molecule has 0 atom stereocenters. The molecule has 1 N–H and O–H groups in total. The molecule has 0 radical (unpaired) electrons. The van der Waals surface area contributed by atoms with Gasteiger partial charge in [0.05, 0.1) is 5.69 Å². The third-order valence-corrected chi connectivity index (χ3v) is 7.63. The van der Waals surface area contributed by atoms with Gasteiger partial charge in [0.15, 0.2) is 0 Å². The van der Waals surface area contributed by atoms with Crippen molar-refractivity contribution in [3.05, 3.63) is 59.8 Å². The summed E-state index contributed by atoms with van der Waals surface area (Å²) in [6, 6.07) is 9.77. The molecule has 3 aromatic rings. The Morgan fingerprint density at radius 3 is 2.58 bits per heavy atom. The normalized spacial score (nSPS) is 15.8. The summed E-state index contributed by atoms with van der Waals surface area (Å²) in [6.45, 7) is 7.26. The molecule has 1 saturated heterocycles. The minimum atomic E-state index is -3.54. The number of nitrogens with zero attached hydrogens (tertiary/aromatic N) is 5. The number of pyridine rings is 2. The van der Waals surface area contributed by atoms with Crippen LogP contribution in [0.5, 0.6) is 0 Å². The zero-order valence-corrected chi connectivity index (χ0v) is 18.9. The third kappa shape index (κ3) is 4.62. The molecule has 164 valence electrons. The fourth-order valence-electron chi connectivity index (χ4n) is 4.01. The second kappa shape index (κ2) is 8.76. The van der Waals surface area contributed by atoms with E-state index in [0.29, 0.717) is 30.2 Å². The summed E-state index contributed by atoms with van der Waals surface area (Å²) in [5.41, 5.74) is 3.41. The lowest BCUT2D eigenvalue weighted by molar-refractivity contribution is 0.316. The highest BCUT2D eigenvalue weighted by molar-refractivity contribution is 7.89. The van der Waals surface area contributed by atoms with Gasteiger partial charge in [0, 0.05) is 55.0 Å². The van der Waals surface area contributed by atoms with Crippen LogP contribution in [0.3, 0.4) is 0 Å². The van der Waals surface area contributed by atoms with Gasteiger partial charge in [-0.25, -0.2) is 13.4 Å². The van der Waals surface area contributed by atoms with E-state index in [1.807, 2.05) is 44.2 Å². The van der Waals surface area contributed by atoms with Gasteiger partial charge in [-0.2, -0.15) is 9.40 Å². The standard InChI is InChI=1S/C22H28N6O2S/c1-4-27-15-21(17(3)26-27)31(29,30)28-11-8-18(9-12-28)20-14-19(13-16(2)24-20)25-22-7-5-6-10-23-22/h5-7,10,13-15,18H,4,8-9,11-12H2,1-3H3,(H,23,24,25). The summed E-state index contributed by atoms with van der Waals surface area (Å²) < 4.78 is 29.5. The minimum absolute atomic E-state index is 0.218. The van der Waals surface area contributed by atoms with Gasteiger partial charge in [-0.3, -0.25) is 9.67 Å². The van der Waals surface area contributed by atoms with Gasteiger partial charge in [-0.1, -0.05) is 6.07 Å². The summed E-state index contributed by atoms with van der Waals surface area (Å²) in [4.78, 5) is 9.35. The number of aryl methyl sites for hydroxylation is 3. The maximum atomic E-state index is 13.1. The van der Waals surface area contributed by atoms with E-state index in [4.69, 9.17) is 4.98 Å². The minimum Gasteiger partial charge on any atom is -0.340 e. The molecule has 4 heterocycles. The Kier molecular flexibility index (Phi) is 6.06. The Balaban J connectivity index is 1.48. The molecule has 0 unspecified atom stereocenters. The molecule has 1 fully saturated rings. The molecule has 0 saturated carbocycles. The highest BCUT2D eigenvalue weighted by atomic mass is 32.2. The van der Waals surface area contributed by atoms with Crippen LogP contribution < -0.4 is 5.32 Å². The van der Waals surface area contributed by atoms with Crippen LogP contribution in [0.4, 0.5) is 11.5 Å². The zero-order valence-electron chi connectivity index (χ0n) is 18.1. The summed E-state index contributed by atoms with van der Waals surface area (Å²) in [6.07, 6.45) is 4.85. The lowest BCUT2D eigenvalue weighted by Gasteiger charge is -2.31. The molecule has 31 heavy (non-hydrogen) atoms. The fourth-order valence-corrected chi connectivity index (χ4v) is 5.64. The highest BCUT2D eigenvalue weighted by Gasteiger charge is 2.32. The third-order valence-electron chi connectivity index (χ3n) is 5.63. The predicted molar refractivity (Wildman–Crippen MR) is 120 cm³/mol. The Bertz CT molecular complexity index is 1150. The van der Waals surface area contributed by atoms with Gasteiger partial charge in [0.1, 0.15) is 10.7 Å². The number of hydrogen-bond donors (Lipinski definition) is 1. The largest absolute Gasteiger partial charge is 0.340 e. The van der Waals surface area contributed by atoms with Crippen molar-refractivity contribution in [2.75, 3.05) is 18.4 Å². The number of sulfonamides is 1. The lowest BCUT2D eigenvalue weighted by Crippen LogP contribution is -2.38. The quantitative estimate of drug-likeness (QED) is 0.629. The number of rotatable bonds is 6. The molecule has 0 amide bonds. The van der Waals surface area contributed by atoms with Crippen LogP contribution in [0.15, 0.2) is 47.6 Å². The summed E-state index contributed by atoms with van der Waals surface area (Å²) in [5.74, 6) is 0.998. The van der Waals surface area contributed by atoms with Gasteiger partial charge < -0.3 is 5.32 Å². The first kappa shape index (κ1) is 21.5. The number of hydrogen-bond acceptors (Lipinski definition) is 6. The van der Waals surface area contributed by atoms with E-state index in [-0.39, 0.29) is 5.92 Å². The fraction of sp³-hybridized carbons (Fsp3) is 0.409. The zero-order chi connectivity index (χ0) is 22.0. The smallest absolute Gasteiger partial charge is 0.246 e. The van der Waals surface area contributed by atoms with E-state index in [9.17, 15) is 8.42 Å². The number of piperidine rings is 1. The summed E-state index contributed by atoms with van der Waals surface area (Å²) in [7, 11) is -3.54. The van der Waals surface area contributed by atoms with E-state index >= 15 is 0 Å². The van der Waals surface area contributed by atoms with Crippen molar-refractivity contribution in [3.8, 4) is 0 Å². The molecule has 8 nitrogen and oxygen atoms in total. The summed E-state index contributed by atoms with van der Waals surface area (Å²) >= 11 is 0. The maximum Gasteiger partial charge on any atom is 0.246 e. The van der Waals surface area contributed by atoms with Gasteiger partial charge in [-0.15, -0.1) is 0 Å². The molecular formula is C22H28N6O2S. The lowest BCUT2D eigenvalue weighted by atomic mass is 9.93. The van der Waals surface area contributed by atoms with Crippen LogP contribution in [0.2, 0.25) is 0 Å². The van der Waals surface area contributed by atoms with Crippen molar-refractivity contribution in [1.29, 1.82) is 0 Å². The Morgan fingerprint density at radius 1 is 1.16 bits per heavy atom. The number of anilines is 2. The molecule has 1 aliphatic rings. The van der Waals surface area contributed by atoms with Gasteiger partial charge in [0.25, 0.3) is 0 Å². The maximum absolute atomic E-state index is 13.1. The van der Waals surface area contributed by atoms with Gasteiger partial charge in [0.2, 0.25) is 10.0 Å².